The molecule has 1 fully saturated rings. The van der Waals surface area contributed by atoms with Gasteiger partial charge in [-0.25, -0.2) is 0 Å². The third kappa shape index (κ3) is 6.42. The van der Waals surface area contributed by atoms with Crippen LogP contribution < -0.4 is 5.32 Å². The Balaban J connectivity index is 2.25. The van der Waals surface area contributed by atoms with Crippen LogP contribution in [0.25, 0.3) is 0 Å². The van der Waals surface area contributed by atoms with Gasteiger partial charge in [0.1, 0.15) is 0 Å². The molecule has 1 saturated carbocycles. The molecule has 0 atom stereocenters. The molecule has 102 valence electrons. The maximum Gasteiger partial charge on any atom is 0.0110 e. The smallest absolute Gasteiger partial charge is 0.0110 e. The normalized spacial score (nSPS) is 17.8. The molecule has 0 heterocycles. The third-order valence-corrected chi connectivity index (χ3v) is 3.57. The quantitative estimate of drug-likeness (QED) is 0.656. The zero-order chi connectivity index (χ0) is 12.7. The molecule has 17 heavy (non-hydrogen) atoms. The summed E-state index contributed by atoms with van der Waals surface area (Å²) in [6.45, 7) is 14.0. The van der Waals surface area contributed by atoms with Gasteiger partial charge in [0.05, 0.1) is 0 Å². The molecule has 0 saturated heterocycles. The highest BCUT2D eigenvalue weighted by atomic mass is 15.2. The molecule has 0 amide bonds. The van der Waals surface area contributed by atoms with Crippen molar-refractivity contribution < 1.29 is 0 Å². The Kier molecular flexibility index (Phi) is 7.14. The minimum atomic E-state index is 0.764. The molecule has 1 rings (SSSR count). The van der Waals surface area contributed by atoms with Crippen molar-refractivity contribution in [3.8, 4) is 0 Å². The Morgan fingerprint density at radius 3 is 2.24 bits per heavy atom. The first kappa shape index (κ1) is 15.0. The van der Waals surface area contributed by atoms with Crippen molar-refractivity contribution in [1.29, 1.82) is 0 Å². The summed E-state index contributed by atoms with van der Waals surface area (Å²) in [5.74, 6) is 1.56. The Labute approximate surface area is 108 Å². The molecule has 0 bridgehead atoms. The summed E-state index contributed by atoms with van der Waals surface area (Å²) in [5, 5.41) is 3.57. The Morgan fingerprint density at radius 1 is 1.06 bits per heavy atom. The molecule has 0 aromatic carbocycles. The SMILES string of the molecule is CC(C)CNCCN(CC(C)C)C1CCCC1. The lowest BCUT2D eigenvalue weighted by atomic mass is 10.1. The van der Waals surface area contributed by atoms with Crippen LogP contribution in [0.4, 0.5) is 0 Å². The van der Waals surface area contributed by atoms with Gasteiger partial charge in [0, 0.05) is 25.7 Å². The van der Waals surface area contributed by atoms with E-state index in [-0.39, 0.29) is 0 Å². The monoisotopic (exact) mass is 240 g/mol. The molecule has 1 aliphatic rings. The summed E-state index contributed by atoms with van der Waals surface area (Å²) in [6.07, 6.45) is 5.74. The summed E-state index contributed by atoms with van der Waals surface area (Å²) in [5.41, 5.74) is 0. The molecule has 0 aromatic rings. The van der Waals surface area contributed by atoms with Crippen molar-refractivity contribution >= 4 is 0 Å². The van der Waals surface area contributed by atoms with E-state index >= 15 is 0 Å². The summed E-state index contributed by atoms with van der Waals surface area (Å²) in [4.78, 5) is 2.73. The highest BCUT2D eigenvalue weighted by Crippen LogP contribution is 2.23. The van der Waals surface area contributed by atoms with Crippen LogP contribution in [-0.2, 0) is 0 Å². The largest absolute Gasteiger partial charge is 0.315 e. The second kappa shape index (κ2) is 8.10. The van der Waals surface area contributed by atoms with Crippen molar-refractivity contribution in [3.05, 3.63) is 0 Å². The predicted octanol–water partition coefficient (Wildman–Crippen LogP) is 3.13. The second-order valence-electron chi connectivity index (χ2n) is 6.43. The van der Waals surface area contributed by atoms with E-state index in [0.717, 1.165) is 31.0 Å². The van der Waals surface area contributed by atoms with Gasteiger partial charge in [-0.2, -0.15) is 0 Å². The fraction of sp³-hybridized carbons (Fsp3) is 1.00. The molecule has 1 aliphatic carbocycles. The van der Waals surface area contributed by atoms with Crippen LogP contribution in [0.3, 0.4) is 0 Å². The topological polar surface area (TPSA) is 15.3 Å². The molecule has 0 unspecified atom stereocenters. The average molecular weight is 240 g/mol. The van der Waals surface area contributed by atoms with Gasteiger partial charge < -0.3 is 5.32 Å². The minimum Gasteiger partial charge on any atom is -0.315 e. The van der Waals surface area contributed by atoms with Crippen molar-refractivity contribution in [2.24, 2.45) is 11.8 Å². The number of hydrogen-bond donors (Lipinski definition) is 1. The van der Waals surface area contributed by atoms with Crippen LogP contribution in [0.1, 0.15) is 53.4 Å². The number of hydrogen-bond acceptors (Lipinski definition) is 2. The molecular weight excluding hydrogens is 208 g/mol. The predicted molar refractivity (Wildman–Crippen MR) is 76.4 cm³/mol. The van der Waals surface area contributed by atoms with E-state index in [0.29, 0.717) is 0 Å². The van der Waals surface area contributed by atoms with E-state index in [2.05, 4.69) is 37.9 Å². The zero-order valence-electron chi connectivity index (χ0n) is 12.3. The van der Waals surface area contributed by atoms with Crippen LogP contribution in [0.5, 0.6) is 0 Å². The van der Waals surface area contributed by atoms with Crippen LogP contribution >= 0.6 is 0 Å². The molecular formula is C15H32N2. The van der Waals surface area contributed by atoms with Gasteiger partial charge in [-0.05, 0) is 31.2 Å². The highest BCUT2D eigenvalue weighted by Gasteiger charge is 2.22. The van der Waals surface area contributed by atoms with Gasteiger partial charge in [-0.3, -0.25) is 4.90 Å². The maximum absolute atomic E-state index is 3.57. The van der Waals surface area contributed by atoms with Gasteiger partial charge in [0.15, 0.2) is 0 Å². The first-order valence-electron chi connectivity index (χ1n) is 7.54. The minimum absolute atomic E-state index is 0.764. The van der Waals surface area contributed by atoms with Crippen molar-refractivity contribution in [3.63, 3.8) is 0 Å². The standard InChI is InChI=1S/C15H32N2/c1-13(2)11-16-9-10-17(12-14(3)4)15-7-5-6-8-15/h13-16H,5-12H2,1-4H3. The van der Waals surface area contributed by atoms with Gasteiger partial charge in [-0.15, -0.1) is 0 Å². The molecule has 1 N–H and O–H groups in total. The van der Waals surface area contributed by atoms with Crippen LogP contribution in [-0.4, -0.2) is 37.1 Å². The van der Waals surface area contributed by atoms with Gasteiger partial charge >= 0.3 is 0 Å². The zero-order valence-corrected chi connectivity index (χ0v) is 12.3. The van der Waals surface area contributed by atoms with Gasteiger partial charge in [-0.1, -0.05) is 40.5 Å². The lowest BCUT2D eigenvalue weighted by Crippen LogP contribution is -2.41. The molecule has 0 aliphatic heterocycles. The number of nitrogens with one attached hydrogen (secondary N) is 1. The van der Waals surface area contributed by atoms with Gasteiger partial charge in [0.2, 0.25) is 0 Å². The lowest BCUT2D eigenvalue weighted by molar-refractivity contribution is 0.177. The third-order valence-electron chi connectivity index (χ3n) is 3.57. The summed E-state index contributed by atoms with van der Waals surface area (Å²) < 4.78 is 0. The van der Waals surface area contributed by atoms with Crippen molar-refractivity contribution in [2.75, 3.05) is 26.2 Å². The second-order valence-corrected chi connectivity index (χ2v) is 6.43. The molecule has 2 nitrogen and oxygen atoms in total. The highest BCUT2D eigenvalue weighted by molar-refractivity contribution is 4.78. The van der Waals surface area contributed by atoms with E-state index in [1.807, 2.05) is 0 Å². The van der Waals surface area contributed by atoms with E-state index < -0.39 is 0 Å². The van der Waals surface area contributed by atoms with Crippen LogP contribution in [0.2, 0.25) is 0 Å². The molecule has 0 spiro atoms. The summed E-state index contributed by atoms with van der Waals surface area (Å²) in [7, 11) is 0. The molecule has 0 aromatic heterocycles. The fourth-order valence-electron chi connectivity index (χ4n) is 2.77. The van der Waals surface area contributed by atoms with Crippen LogP contribution in [0.15, 0.2) is 0 Å². The fourth-order valence-corrected chi connectivity index (χ4v) is 2.77. The average Bonchev–Trinajstić information content (AvgIpc) is 2.74. The number of rotatable bonds is 8. The van der Waals surface area contributed by atoms with E-state index in [4.69, 9.17) is 0 Å². The first-order chi connectivity index (χ1) is 8.09. The molecule has 0 radical (unpaired) electrons. The van der Waals surface area contributed by atoms with E-state index in [1.54, 1.807) is 0 Å². The number of nitrogens with zero attached hydrogens (tertiary/aromatic N) is 1. The Bertz CT molecular complexity index is 183. The summed E-state index contributed by atoms with van der Waals surface area (Å²) >= 11 is 0. The Morgan fingerprint density at radius 2 is 1.71 bits per heavy atom. The van der Waals surface area contributed by atoms with E-state index in [1.165, 1.54) is 38.8 Å². The van der Waals surface area contributed by atoms with E-state index in [9.17, 15) is 0 Å². The van der Waals surface area contributed by atoms with Crippen molar-refractivity contribution in [2.45, 2.75) is 59.4 Å². The first-order valence-corrected chi connectivity index (χ1v) is 7.54. The maximum atomic E-state index is 3.57. The lowest BCUT2D eigenvalue weighted by Gasteiger charge is -2.30. The molecule has 2 heteroatoms. The van der Waals surface area contributed by atoms with Crippen LogP contribution in [0, 0.1) is 11.8 Å². The van der Waals surface area contributed by atoms with Gasteiger partial charge in [0.25, 0.3) is 0 Å². The van der Waals surface area contributed by atoms with Crippen molar-refractivity contribution in [1.82, 2.24) is 10.2 Å². The summed E-state index contributed by atoms with van der Waals surface area (Å²) in [6, 6.07) is 0.873. The Hall–Kier alpha value is -0.0800.